The van der Waals surface area contributed by atoms with E-state index >= 15 is 0 Å². The summed E-state index contributed by atoms with van der Waals surface area (Å²) in [6.45, 7) is 6.32. The first-order chi connectivity index (χ1) is 13.1. The quantitative estimate of drug-likeness (QED) is 0.722. The van der Waals surface area contributed by atoms with Gasteiger partial charge in [-0.2, -0.15) is 0 Å². The maximum atomic E-state index is 12.8. The number of nitrogens with zero attached hydrogens (tertiary/aromatic N) is 3. The van der Waals surface area contributed by atoms with E-state index in [1.54, 1.807) is 16.2 Å². The molecule has 2 aromatic heterocycles. The van der Waals surface area contributed by atoms with Crippen molar-refractivity contribution >= 4 is 39.6 Å². The molecule has 0 unspecified atom stereocenters. The fourth-order valence-electron chi connectivity index (χ4n) is 2.80. The third-order valence-electron chi connectivity index (χ3n) is 4.25. The van der Waals surface area contributed by atoms with Crippen LogP contribution in [-0.4, -0.2) is 72.5 Å². The van der Waals surface area contributed by atoms with Crippen molar-refractivity contribution in [3.8, 4) is 0 Å². The Bertz CT molecular complexity index is 742. The number of thiophene rings is 1. The number of aromatic nitrogens is 1. The number of nitrogens with one attached hydrogen (secondary N) is 1. The predicted molar refractivity (Wildman–Crippen MR) is 107 cm³/mol. The van der Waals surface area contributed by atoms with Crippen molar-refractivity contribution in [2.75, 3.05) is 51.3 Å². The summed E-state index contributed by atoms with van der Waals surface area (Å²) in [5.41, 5.74) is 0.869. The van der Waals surface area contributed by atoms with E-state index in [9.17, 15) is 9.59 Å². The van der Waals surface area contributed by atoms with E-state index in [-0.39, 0.29) is 18.4 Å². The van der Waals surface area contributed by atoms with Crippen LogP contribution in [0.5, 0.6) is 0 Å². The maximum Gasteiger partial charge on any atom is 0.245 e. The summed E-state index contributed by atoms with van der Waals surface area (Å²) < 4.78 is 5.37. The predicted octanol–water partition coefficient (Wildman–Crippen LogP) is 1.86. The Morgan fingerprint density at radius 3 is 2.81 bits per heavy atom. The molecule has 0 atom stereocenters. The molecule has 27 heavy (non-hydrogen) atoms. The number of hydrogen-bond acceptors (Lipinski definition) is 7. The van der Waals surface area contributed by atoms with Crippen LogP contribution in [-0.2, 0) is 20.7 Å². The van der Waals surface area contributed by atoms with Crippen LogP contribution < -0.4 is 5.32 Å². The molecular weight excluding hydrogens is 384 g/mol. The largest absolute Gasteiger partial charge is 0.379 e. The first kappa shape index (κ1) is 19.9. The molecule has 1 N–H and O–H groups in total. The Labute approximate surface area is 167 Å². The van der Waals surface area contributed by atoms with Crippen LogP contribution in [0.25, 0.3) is 0 Å². The minimum absolute atomic E-state index is 0.0313. The lowest BCUT2D eigenvalue weighted by atomic mass is 10.3. The van der Waals surface area contributed by atoms with E-state index < -0.39 is 0 Å². The highest BCUT2D eigenvalue weighted by Gasteiger charge is 2.20. The normalized spacial score (nSPS) is 14.9. The van der Waals surface area contributed by atoms with Crippen LogP contribution in [0.15, 0.2) is 22.9 Å². The van der Waals surface area contributed by atoms with Crippen molar-refractivity contribution < 1.29 is 14.3 Å². The summed E-state index contributed by atoms with van der Waals surface area (Å²) in [6.07, 6.45) is 0.324. The van der Waals surface area contributed by atoms with Crippen molar-refractivity contribution in [1.29, 1.82) is 0 Å². The number of anilines is 1. The van der Waals surface area contributed by atoms with Crippen LogP contribution >= 0.6 is 22.7 Å². The molecule has 2 amide bonds. The van der Waals surface area contributed by atoms with E-state index in [4.69, 9.17) is 4.74 Å². The molecule has 146 valence electrons. The molecule has 3 rings (SSSR count). The summed E-state index contributed by atoms with van der Waals surface area (Å²) >= 11 is 2.94. The minimum Gasteiger partial charge on any atom is -0.379 e. The van der Waals surface area contributed by atoms with E-state index in [1.165, 1.54) is 11.3 Å². The van der Waals surface area contributed by atoms with Gasteiger partial charge in [0.1, 0.15) is 0 Å². The number of aryl methyl sites for hydroxylation is 1. The highest BCUT2D eigenvalue weighted by molar-refractivity contribution is 7.13. The van der Waals surface area contributed by atoms with Gasteiger partial charge in [0.2, 0.25) is 11.8 Å². The first-order valence-corrected chi connectivity index (χ1v) is 10.7. The molecule has 3 heterocycles. The average molecular weight is 409 g/mol. The van der Waals surface area contributed by atoms with Gasteiger partial charge in [0, 0.05) is 36.4 Å². The number of morpholine rings is 1. The third kappa shape index (κ3) is 6.39. The smallest absolute Gasteiger partial charge is 0.245 e. The first-order valence-electron chi connectivity index (χ1n) is 8.92. The lowest BCUT2D eigenvalue weighted by Crippen LogP contribution is -2.45. The van der Waals surface area contributed by atoms with Gasteiger partial charge in [-0.1, -0.05) is 6.07 Å². The second-order valence-corrected chi connectivity index (χ2v) is 8.26. The summed E-state index contributed by atoms with van der Waals surface area (Å²) in [6, 6.07) is 3.88. The molecular formula is C18H24N4O3S2. The molecule has 0 radical (unpaired) electrons. The Balaban J connectivity index is 1.58. The van der Waals surface area contributed by atoms with Crippen molar-refractivity contribution in [3.63, 3.8) is 0 Å². The number of carbonyl (C=O) groups excluding carboxylic acids is 2. The van der Waals surface area contributed by atoms with Gasteiger partial charge in [-0.05, 0) is 18.4 Å². The number of carbonyl (C=O) groups is 2. The zero-order chi connectivity index (χ0) is 19.1. The van der Waals surface area contributed by atoms with Crippen LogP contribution in [0, 0.1) is 6.92 Å². The lowest BCUT2D eigenvalue weighted by molar-refractivity contribution is -0.134. The van der Waals surface area contributed by atoms with E-state index in [0.717, 1.165) is 30.2 Å². The molecule has 0 saturated carbocycles. The Kier molecular flexibility index (Phi) is 7.33. The monoisotopic (exact) mass is 408 g/mol. The molecule has 2 aromatic rings. The van der Waals surface area contributed by atoms with E-state index in [0.29, 0.717) is 31.3 Å². The molecule has 7 nitrogen and oxygen atoms in total. The van der Waals surface area contributed by atoms with Crippen molar-refractivity contribution in [2.45, 2.75) is 13.3 Å². The second kappa shape index (κ2) is 9.93. The zero-order valence-electron chi connectivity index (χ0n) is 15.3. The Morgan fingerprint density at radius 2 is 2.15 bits per heavy atom. The van der Waals surface area contributed by atoms with Crippen molar-refractivity contribution in [1.82, 2.24) is 14.8 Å². The Hall–Kier alpha value is -1.81. The molecule has 9 heteroatoms. The molecule has 1 aliphatic rings. The van der Waals surface area contributed by atoms with Gasteiger partial charge >= 0.3 is 0 Å². The molecule has 1 aliphatic heterocycles. The van der Waals surface area contributed by atoms with Gasteiger partial charge in [0.25, 0.3) is 0 Å². The number of hydrogen-bond donors (Lipinski definition) is 1. The fraction of sp³-hybridized carbons (Fsp3) is 0.500. The topological polar surface area (TPSA) is 74.8 Å². The van der Waals surface area contributed by atoms with Crippen molar-refractivity contribution in [2.24, 2.45) is 0 Å². The molecule has 0 bridgehead atoms. The van der Waals surface area contributed by atoms with Crippen LogP contribution in [0.3, 0.4) is 0 Å². The van der Waals surface area contributed by atoms with Gasteiger partial charge in [-0.25, -0.2) is 4.98 Å². The van der Waals surface area contributed by atoms with Gasteiger partial charge in [-0.15, -0.1) is 22.7 Å². The molecule has 1 saturated heterocycles. The number of ether oxygens (including phenoxy) is 1. The van der Waals surface area contributed by atoms with Gasteiger partial charge in [0.15, 0.2) is 5.13 Å². The van der Waals surface area contributed by atoms with E-state index in [1.807, 2.05) is 29.8 Å². The number of thiazole rings is 1. The summed E-state index contributed by atoms with van der Waals surface area (Å²) in [4.78, 5) is 34.3. The second-order valence-electron chi connectivity index (χ2n) is 6.37. The van der Waals surface area contributed by atoms with Crippen LogP contribution in [0.4, 0.5) is 5.13 Å². The van der Waals surface area contributed by atoms with Gasteiger partial charge < -0.3 is 15.0 Å². The number of amides is 2. The van der Waals surface area contributed by atoms with Gasteiger partial charge in [0.05, 0.1) is 31.9 Å². The SMILES string of the molecule is Cc1csc(NC(=O)CN(CCN2CCOCC2)C(=O)Cc2cccs2)n1. The van der Waals surface area contributed by atoms with Crippen LogP contribution in [0.1, 0.15) is 10.6 Å². The van der Waals surface area contributed by atoms with Crippen LogP contribution in [0.2, 0.25) is 0 Å². The highest BCUT2D eigenvalue weighted by atomic mass is 32.1. The minimum atomic E-state index is -0.217. The number of rotatable bonds is 8. The van der Waals surface area contributed by atoms with Gasteiger partial charge in [-0.3, -0.25) is 14.5 Å². The highest BCUT2D eigenvalue weighted by Crippen LogP contribution is 2.15. The Morgan fingerprint density at radius 1 is 1.33 bits per heavy atom. The molecule has 0 spiro atoms. The standard InChI is InChI=1S/C18H24N4O3S2/c1-14-13-27-18(19-14)20-16(23)12-22(5-4-21-6-8-25-9-7-21)17(24)11-15-3-2-10-26-15/h2-3,10,13H,4-9,11-12H2,1H3,(H,19,20,23). The molecule has 0 aromatic carbocycles. The summed E-state index contributed by atoms with van der Waals surface area (Å²) in [5, 5.41) is 7.19. The fourth-order valence-corrected chi connectivity index (χ4v) is 4.20. The third-order valence-corrected chi connectivity index (χ3v) is 6.00. The summed E-state index contributed by atoms with van der Waals surface area (Å²) in [5.74, 6) is -0.248. The molecule has 0 aliphatic carbocycles. The van der Waals surface area contributed by atoms with E-state index in [2.05, 4.69) is 15.2 Å². The average Bonchev–Trinajstić information content (AvgIpc) is 3.31. The summed E-state index contributed by atoms with van der Waals surface area (Å²) in [7, 11) is 0. The zero-order valence-corrected chi connectivity index (χ0v) is 17.0. The van der Waals surface area contributed by atoms with Crippen molar-refractivity contribution in [3.05, 3.63) is 33.5 Å². The molecule has 1 fully saturated rings. The lowest BCUT2D eigenvalue weighted by Gasteiger charge is -2.29. The maximum absolute atomic E-state index is 12.8.